The van der Waals surface area contributed by atoms with E-state index in [9.17, 15) is 0 Å². The summed E-state index contributed by atoms with van der Waals surface area (Å²) >= 11 is 0. The van der Waals surface area contributed by atoms with Crippen molar-refractivity contribution in [2.24, 2.45) is 0 Å². The standard InChI is InChI=1S/C69H71BN2/c1-42-21-20-22-43(2)61(42)45-37-52-51-40-55-56(68(11,12)36-35-67(55,9)10)41-59(51)72(48-30-27-46(28-31-48)65(3,4)5)70-63(52)60(38-45)71(57-33-29-47(66(6,7)8)39-50(57)44-23-16-15-17-24-44)58-34-32-54-62(64(58)70)49-25-18-19-26-53(49)69(54,13)14/h15-34,37-41H,35-36H2,1-14H3. The van der Waals surface area contributed by atoms with Gasteiger partial charge in [-0.2, -0.15) is 0 Å². The number of benzene rings is 8. The van der Waals surface area contributed by atoms with Gasteiger partial charge in [0.2, 0.25) is 0 Å². The molecule has 0 aromatic heterocycles. The van der Waals surface area contributed by atoms with Crippen LogP contribution in [-0.2, 0) is 27.1 Å². The van der Waals surface area contributed by atoms with Crippen molar-refractivity contribution in [3.05, 3.63) is 196 Å². The molecule has 4 aliphatic rings. The van der Waals surface area contributed by atoms with Crippen molar-refractivity contribution in [2.75, 3.05) is 9.71 Å². The molecular weight excluding hydrogens is 868 g/mol. The molecule has 0 unspecified atom stereocenters. The molecule has 8 aromatic rings. The quantitative estimate of drug-likeness (QED) is 0.162. The van der Waals surface area contributed by atoms with Crippen LogP contribution in [0.4, 0.5) is 28.4 Å². The zero-order chi connectivity index (χ0) is 50.6. The first-order chi connectivity index (χ1) is 34.1. The number of fused-ring (bicyclic) bond motifs is 9. The van der Waals surface area contributed by atoms with Gasteiger partial charge in [-0.25, -0.2) is 0 Å². The van der Waals surface area contributed by atoms with E-state index in [1.807, 2.05) is 0 Å². The average Bonchev–Trinajstić information content (AvgIpc) is 3.58. The van der Waals surface area contributed by atoms with E-state index in [1.54, 1.807) is 0 Å². The molecule has 360 valence electrons. The molecule has 0 saturated carbocycles. The molecule has 2 heterocycles. The van der Waals surface area contributed by atoms with Crippen LogP contribution in [0.5, 0.6) is 0 Å². The second-order valence-electron chi connectivity index (χ2n) is 25.8. The highest BCUT2D eigenvalue weighted by Crippen LogP contribution is 2.57. The van der Waals surface area contributed by atoms with E-state index in [0.29, 0.717) is 0 Å². The second kappa shape index (κ2) is 15.7. The summed E-state index contributed by atoms with van der Waals surface area (Å²) in [6.07, 6.45) is 2.31. The van der Waals surface area contributed by atoms with Crippen LogP contribution in [-0.4, -0.2) is 6.85 Å². The predicted octanol–water partition coefficient (Wildman–Crippen LogP) is 17.6. The maximum Gasteiger partial charge on any atom is 0.333 e. The number of nitrogens with zero attached hydrogens (tertiary/aromatic N) is 2. The van der Waals surface area contributed by atoms with E-state index in [-0.39, 0.29) is 33.9 Å². The van der Waals surface area contributed by atoms with Crippen LogP contribution in [0.15, 0.2) is 152 Å². The molecule has 0 atom stereocenters. The Bertz CT molecular complexity index is 3520. The van der Waals surface area contributed by atoms with Gasteiger partial charge in [0.25, 0.3) is 0 Å². The fourth-order valence-electron chi connectivity index (χ4n) is 13.4. The van der Waals surface area contributed by atoms with Gasteiger partial charge in [0.05, 0.1) is 5.69 Å². The molecule has 0 N–H and O–H groups in total. The number of hydrogen-bond acceptors (Lipinski definition) is 2. The monoisotopic (exact) mass is 939 g/mol. The molecule has 12 rings (SSSR count). The highest BCUT2D eigenvalue weighted by molar-refractivity contribution is 6.94. The Hall–Kier alpha value is -6.58. The van der Waals surface area contributed by atoms with Crippen LogP contribution in [0.3, 0.4) is 0 Å². The van der Waals surface area contributed by atoms with E-state index < -0.39 is 0 Å². The third-order valence-corrected chi connectivity index (χ3v) is 17.7. The molecule has 0 bridgehead atoms. The van der Waals surface area contributed by atoms with Crippen molar-refractivity contribution in [3.63, 3.8) is 0 Å². The van der Waals surface area contributed by atoms with Crippen molar-refractivity contribution < 1.29 is 0 Å². The zero-order valence-corrected chi connectivity index (χ0v) is 45.3. The van der Waals surface area contributed by atoms with Crippen LogP contribution in [0.2, 0.25) is 0 Å². The third kappa shape index (κ3) is 6.89. The molecule has 0 amide bonds. The Balaban J connectivity index is 1.29. The lowest BCUT2D eigenvalue weighted by Gasteiger charge is -2.49. The van der Waals surface area contributed by atoms with Crippen molar-refractivity contribution in [1.82, 2.24) is 0 Å². The Labute approximate surface area is 431 Å². The smallest absolute Gasteiger partial charge is 0.333 e. The summed E-state index contributed by atoms with van der Waals surface area (Å²) in [4.78, 5) is 5.48. The minimum atomic E-state index is -0.189. The highest BCUT2D eigenvalue weighted by Gasteiger charge is 2.51. The lowest BCUT2D eigenvalue weighted by Crippen LogP contribution is -2.62. The van der Waals surface area contributed by atoms with Gasteiger partial charge in [0, 0.05) is 39.3 Å². The minimum Gasteiger partial charge on any atom is -0.376 e. The van der Waals surface area contributed by atoms with Gasteiger partial charge in [-0.15, -0.1) is 0 Å². The van der Waals surface area contributed by atoms with E-state index in [2.05, 4.69) is 258 Å². The van der Waals surface area contributed by atoms with Gasteiger partial charge < -0.3 is 9.71 Å². The van der Waals surface area contributed by atoms with E-state index in [4.69, 9.17) is 0 Å². The third-order valence-electron chi connectivity index (χ3n) is 17.7. The first-order valence-corrected chi connectivity index (χ1v) is 26.7. The van der Waals surface area contributed by atoms with Crippen LogP contribution < -0.4 is 20.6 Å². The molecule has 8 aromatic carbocycles. The molecule has 72 heavy (non-hydrogen) atoms. The SMILES string of the molecule is Cc1cccc(C)c1-c1cc2c3c(c1)N(c1ccc(C(C)(C)C)cc1-c1ccccc1)c1ccc4c(c1B3N(c1ccc(C(C)(C)C)cc1)c1cc3c(cc1-2)C(C)(C)CCC3(C)C)-c1ccccc1C4(C)C. The summed E-state index contributed by atoms with van der Waals surface area (Å²) < 4.78 is 0. The Kier molecular flexibility index (Phi) is 10.1. The van der Waals surface area contributed by atoms with Gasteiger partial charge >= 0.3 is 6.85 Å². The molecule has 0 radical (unpaired) electrons. The molecule has 0 saturated heterocycles. The van der Waals surface area contributed by atoms with Crippen molar-refractivity contribution >= 4 is 46.2 Å². The minimum absolute atomic E-state index is 0.0178. The normalized spacial score (nSPS) is 16.6. The lowest BCUT2D eigenvalue weighted by atomic mass is 9.42. The van der Waals surface area contributed by atoms with Crippen molar-refractivity contribution in [2.45, 2.75) is 137 Å². The maximum absolute atomic E-state index is 2.79. The van der Waals surface area contributed by atoms with Crippen LogP contribution >= 0.6 is 0 Å². The molecule has 3 heteroatoms. The molecule has 2 nitrogen and oxygen atoms in total. The van der Waals surface area contributed by atoms with Gasteiger partial charge in [-0.05, 0) is 192 Å². The number of rotatable bonds is 4. The van der Waals surface area contributed by atoms with E-state index in [0.717, 1.165) is 12.8 Å². The van der Waals surface area contributed by atoms with Crippen molar-refractivity contribution in [3.8, 4) is 44.5 Å². The number of aryl methyl sites for hydroxylation is 2. The zero-order valence-electron chi connectivity index (χ0n) is 45.3. The summed E-state index contributed by atoms with van der Waals surface area (Å²) in [6, 6.07) is 59.7. The largest absolute Gasteiger partial charge is 0.376 e. The summed E-state index contributed by atoms with van der Waals surface area (Å²) in [5, 5.41) is 0. The van der Waals surface area contributed by atoms with E-state index >= 15 is 0 Å². The van der Waals surface area contributed by atoms with Gasteiger partial charge in [-0.1, -0.05) is 180 Å². The lowest BCUT2D eigenvalue weighted by molar-refractivity contribution is 0.332. The summed E-state index contributed by atoms with van der Waals surface area (Å²) in [7, 11) is 0. The number of hydrogen-bond donors (Lipinski definition) is 0. The Morgan fingerprint density at radius 3 is 1.69 bits per heavy atom. The molecule has 2 aliphatic heterocycles. The van der Waals surface area contributed by atoms with Gasteiger partial charge in [0.15, 0.2) is 0 Å². The number of anilines is 5. The Morgan fingerprint density at radius 1 is 0.417 bits per heavy atom. The van der Waals surface area contributed by atoms with Gasteiger partial charge in [-0.3, -0.25) is 0 Å². The molecule has 2 aliphatic carbocycles. The average molecular weight is 939 g/mol. The fraction of sp³-hybridized carbons (Fsp3) is 0.304. The van der Waals surface area contributed by atoms with Gasteiger partial charge in [0.1, 0.15) is 0 Å². The highest BCUT2D eigenvalue weighted by atomic mass is 15.2. The summed E-state index contributed by atoms with van der Waals surface area (Å²) in [6.45, 7) is 33.3. The molecule has 0 fully saturated rings. The first kappa shape index (κ1) is 46.5. The van der Waals surface area contributed by atoms with Crippen LogP contribution in [0, 0.1) is 13.8 Å². The molecule has 0 spiro atoms. The first-order valence-electron chi connectivity index (χ1n) is 26.7. The van der Waals surface area contributed by atoms with E-state index in [1.165, 1.54) is 128 Å². The second-order valence-corrected chi connectivity index (χ2v) is 25.8. The molecular formula is C69H71BN2. The van der Waals surface area contributed by atoms with Crippen LogP contribution in [0.25, 0.3) is 44.5 Å². The summed E-state index contributed by atoms with van der Waals surface area (Å²) in [5.41, 5.74) is 30.2. The maximum atomic E-state index is 2.79. The van der Waals surface area contributed by atoms with Crippen LogP contribution in [0.1, 0.15) is 140 Å². The van der Waals surface area contributed by atoms with Crippen molar-refractivity contribution in [1.29, 1.82) is 0 Å². The fourth-order valence-corrected chi connectivity index (χ4v) is 13.4. The summed E-state index contributed by atoms with van der Waals surface area (Å²) in [5.74, 6) is 0. The predicted molar refractivity (Wildman–Crippen MR) is 311 cm³/mol. The Morgan fingerprint density at radius 2 is 1.03 bits per heavy atom. The topological polar surface area (TPSA) is 6.48 Å².